The molecule has 0 atom stereocenters. The minimum absolute atomic E-state index is 0.0437. The van der Waals surface area contributed by atoms with Gasteiger partial charge >= 0.3 is 0 Å². The molecule has 2 N–H and O–H groups in total. The third-order valence-corrected chi connectivity index (χ3v) is 2.98. The summed E-state index contributed by atoms with van der Waals surface area (Å²) in [5.41, 5.74) is 1.80. The van der Waals surface area contributed by atoms with Crippen LogP contribution < -0.4 is 10.6 Å². The summed E-state index contributed by atoms with van der Waals surface area (Å²) in [7, 11) is 0. The van der Waals surface area contributed by atoms with E-state index in [1.807, 2.05) is 6.92 Å². The highest BCUT2D eigenvalue weighted by Gasteiger charge is 2.10. The van der Waals surface area contributed by atoms with Crippen LogP contribution in [-0.4, -0.2) is 11.8 Å². The quantitative estimate of drug-likeness (QED) is 0.849. The van der Waals surface area contributed by atoms with E-state index in [9.17, 15) is 14.0 Å². The number of rotatable bonds is 4. The highest BCUT2D eigenvalue weighted by Crippen LogP contribution is 2.20. The highest BCUT2D eigenvalue weighted by atomic mass is 19.1. The zero-order chi connectivity index (χ0) is 16.1. The van der Waals surface area contributed by atoms with Crippen molar-refractivity contribution >= 4 is 23.2 Å². The molecule has 0 aliphatic carbocycles. The van der Waals surface area contributed by atoms with E-state index < -0.39 is 17.6 Å². The van der Waals surface area contributed by atoms with Crippen LogP contribution in [0.4, 0.5) is 15.8 Å². The van der Waals surface area contributed by atoms with Gasteiger partial charge in [0.05, 0.1) is 5.69 Å². The number of halogens is 1. The summed E-state index contributed by atoms with van der Waals surface area (Å²) < 4.78 is 14.0. The zero-order valence-electron chi connectivity index (χ0n) is 12.0. The lowest BCUT2D eigenvalue weighted by Gasteiger charge is -2.09. The number of amides is 2. The molecular weight excluding hydrogens is 283 g/mol. The predicted molar refractivity (Wildman–Crippen MR) is 84.4 cm³/mol. The van der Waals surface area contributed by atoms with Crippen LogP contribution in [0.25, 0.3) is 0 Å². The maximum atomic E-state index is 14.0. The molecule has 0 aliphatic heterocycles. The van der Waals surface area contributed by atoms with Crippen molar-refractivity contribution in [1.82, 2.24) is 0 Å². The van der Waals surface area contributed by atoms with Crippen LogP contribution in [0.15, 0.2) is 55.1 Å². The number of hydrogen-bond donors (Lipinski definition) is 2. The van der Waals surface area contributed by atoms with Gasteiger partial charge in [0.15, 0.2) is 0 Å². The molecule has 0 spiro atoms. The van der Waals surface area contributed by atoms with Crippen LogP contribution in [0.3, 0.4) is 0 Å². The Morgan fingerprint density at radius 3 is 2.36 bits per heavy atom. The van der Waals surface area contributed by atoms with Gasteiger partial charge in [0.2, 0.25) is 5.91 Å². The third kappa shape index (κ3) is 3.79. The molecule has 2 aromatic carbocycles. The smallest absolute Gasteiger partial charge is 0.255 e. The maximum absolute atomic E-state index is 14.0. The zero-order valence-corrected chi connectivity index (χ0v) is 12.0. The molecule has 0 unspecified atom stereocenters. The number of aryl methyl sites for hydroxylation is 1. The molecule has 2 rings (SSSR count). The molecule has 0 saturated carbocycles. The molecule has 0 aromatic heterocycles. The molecule has 5 heteroatoms. The summed E-state index contributed by atoms with van der Waals surface area (Å²) in [4.78, 5) is 23.2. The first kappa shape index (κ1) is 15.4. The molecule has 0 aliphatic rings. The summed E-state index contributed by atoms with van der Waals surface area (Å²) >= 11 is 0. The Labute approximate surface area is 127 Å². The first-order chi connectivity index (χ1) is 10.5. The van der Waals surface area contributed by atoms with Crippen molar-refractivity contribution in [3.05, 3.63) is 72.1 Å². The maximum Gasteiger partial charge on any atom is 0.255 e. The lowest BCUT2D eigenvalue weighted by Crippen LogP contribution is -2.13. The number of anilines is 2. The lowest BCUT2D eigenvalue weighted by molar-refractivity contribution is -0.111. The van der Waals surface area contributed by atoms with E-state index in [2.05, 4.69) is 17.2 Å². The minimum Gasteiger partial charge on any atom is -0.322 e. The van der Waals surface area contributed by atoms with Crippen LogP contribution in [0.1, 0.15) is 15.9 Å². The van der Waals surface area contributed by atoms with Gasteiger partial charge in [0.1, 0.15) is 5.82 Å². The van der Waals surface area contributed by atoms with Crippen LogP contribution in [0.5, 0.6) is 0 Å². The fourth-order valence-electron chi connectivity index (χ4n) is 1.79. The topological polar surface area (TPSA) is 58.2 Å². The van der Waals surface area contributed by atoms with Crippen molar-refractivity contribution in [2.24, 2.45) is 0 Å². The van der Waals surface area contributed by atoms with Gasteiger partial charge in [-0.3, -0.25) is 9.59 Å². The molecule has 0 saturated heterocycles. The van der Waals surface area contributed by atoms with E-state index in [1.54, 1.807) is 24.3 Å². The average Bonchev–Trinajstić information content (AvgIpc) is 2.50. The van der Waals surface area contributed by atoms with Gasteiger partial charge in [-0.05, 0) is 43.3 Å². The van der Waals surface area contributed by atoms with Gasteiger partial charge in [0.25, 0.3) is 5.91 Å². The molecule has 0 radical (unpaired) electrons. The largest absolute Gasteiger partial charge is 0.322 e. The Morgan fingerprint density at radius 1 is 1.09 bits per heavy atom. The van der Waals surface area contributed by atoms with E-state index in [-0.39, 0.29) is 11.4 Å². The van der Waals surface area contributed by atoms with Crippen molar-refractivity contribution in [1.29, 1.82) is 0 Å². The highest BCUT2D eigenvalue weighted by molar-refractivity contribution is 6.04. The second-order valence-corrected chi connectivity index (χ2v) is 4.71. The molecule has 0 bridgehead atoms. The lowest BCUT2D eigenvalue weighted by atomic mass is 10.1. The van der Waals surface area contributed by atoms with E-state index >= 15 is 0 Å². The normalized spacial score (nSPS) is 9.91. The monoisotopic (exact) mass is 298 g/mol. The minimum atomic E-state index is -0.637. The summed E-state index contributed by atoms with van der Waals surface area (Å²) in [5, 5.41) is 4.93. The Bertz CT molecular complexity index is 724. The van der Waals surface area contributed by atoms with Crippen LogP contribution in [0.2, 0.25) is 0 Å². The number of benzene rings is 2. The molecule has 112 valence electrons. The van der Waals surface area contributed by atoms with Gasteiger partial charge in [-0.2, -0.15) is 0 Å². The molecule has 0 heterocycles. The van der Waals surface area contributed by atoms with E-state index in [4.69, 9.17) is 0 Å². The molecule has 2 aromatic rings. The summed E-state index contributed by atoms with van der Waals surface area (Å²) in [6.07, 6.45) is 1.09. The summed E-state index contributed by atoms with van der Waals surface area (Å²) in [6, 6.07) is 11.0. The fraction of sp³-hybridized carbons (Fsp3) is 0.0588. The van der Waals surface area contributed by atoms with Gasteiger partial charge in [-0.15, -0.1) is 0 Å². The SMILES string of the molecule is C=CC(=O)Nc1ccc(NC(=O)c2ccc(C)cc2)c(F)c1. The number of nitrogens with one attached hydrogen (secondary N) is 2. The van der Waals surface area contributed by atoms with Crippen molar-refractivity contribution in [3.63, 3.8) is 0 Å². The van der Waals surface area contributed by atoms with Crippen LogP contribution >= 0.6 is 0 Å². The van der Waals surface area contributed by atoms with Crippen molar-refractivity contribution in [2.45, 2.75) is 6.92 Å². The van der Waals surface area contributed by atoms with Gasteiger partial charge in [-0.25, -0.2) is 4.39 Å². The predicted octanol–water partition coefficient (Wildman–Crippen LogP) is 3.51. The standard InChI is InChI=1S/C17H15FN2O2/c1-3-16(21)19-13-8-9-15(14(18)10-13)20-17(22)12-6-4-11(2)5-7-12/h3-10H,1H2,2H3,(H,19,21)(H,20,22). The van der Waals surface area contributed by atoms with Crippen molar-refractivity contribution in [3.8, 4) is 0 Å². The molecule has 0 fully saturated rings. The van der Waals surface area contributed by atoms with Gasteiger partial charge in [0, 0.05) is 11.3 Å². The second-order valence-electron chi connectivity index (χ2n) is 4.71. The van der Waals surface area contributed by atoms with E-state index in [0.717, 1.165) is 17.7 Å². The van der Waals surface area contributed by atoms with Crippen LogP contribution in [0, 0.1) is 12.7 Å². The Morgan fingerprint density at radius 2 is 1.77 bits per heavy atom. The number of carbonyl (C=O) groups is 2. The number of hydrogen-bond acceptors (Lipinski definition) is 2. The first-order valence-corrected chi connectivity index (χ1v) is 6.60. The first-order valence-electron chi connectivity index (χ1n) is 6.60. The van der Waals surface area contributed by atoms with E-state index in [0.29, 0.717) is 5.56 Å². The van der Waals surface area contributed by atoms with Crippen molar-refractivity contribution in [2.75, 3.05) is 10.6 Å². The molecule has 4 nitrogen and oxygen atoms in total. The number of carbonyl (C=O) groups excluding carboxylic acids is 2. The van der Waals surface area contributed by atoms with Crippen molar-refractivity contribution < 1.29 is 14.0 Å². The Kier molecular flexibility index (Phi) is 4.68. The third-order valence-electron chi connectivity index (χ3n) is 2.98. The van der Waals surface area contributed by atoms with Gasteiger partial charge in [-0.1, -0.05) is 24.3 Å². The van der Waals surface area contributed by atoms with E-state index in [1.165, 1.54) is 12.1 Å². The summed E-state index contributed by atoms with van der Waals surface area (Å²) in [6.45, 7) is 5.23. The fourth-order valence-corrected chi connectivity index (χ4v) is 1.79. The molecule has 2 amide bonds. The Balaban J connectivity index is 2.12. The molecule has 22 heavy (non-hydrogen) atoms. The summed E-state index contributed by atoms with van der Waals surface area (Å²) in [5.74, 6) is -1.47. The van der Waals surface area contributed by atoms with Crippen LogP contribution in [-0.2, 0) is 4.79 Å². The average molecular weight is 298 g/mol. The van der Waals surface area contributed by atoms with Gasteiger partial charge < -0.3 is 10.6 Å². The molecular formula is C17H15FN2O2. The Hall–Kier alpha value is -2.95. The second kappa shape index (κ2) is 6.67.